The van der Waals surface area contributed by atoms with Gasteiger partial charge < -0.3 is 4.57 Å². The second kappa shape index (κ2) is 14.9. The molecule has 0 saturated heterocycles. The molecule has 3 heterocycles. The first-order valence-corrected chi connectivity index (χ1v) is 21.7. The van der Waals surface area contributed by atoms with Gasteiger partial charge in [-0.15, -0.1) is 11.3 Å². The van der Waals surface area contributed by atoms with Crippen molar-refractivity contribution in [1.82, 2.24) is 19.5 Å². The van der Waals surface area contributed by atoms with E-state index in [4.69, 9.17) is 15.0 Å². The summed E-state index contributed by atoms with van der Waals surface area (Å²) in [4.78, 5) is 15.7. The molecule has 3 aromatic heterocycles. The zero-order chi connectivity index (χ0) is 41.0. The smallest absolute Gasteiger partial charge is 0.164 e. The van der Waals surface area contributed by atoms with Gasteiger partial charge in [-0.1, -0.05) is 176 Å². The highest BCUT2D eigenvalue weighted by Crippen LogP contribution is 2.47. The second-order valence-electron chi connectivity index (χ2n) is 15.5. The molecule has 0 aliphatic carbocycles. The van der Waals surface area contributed by atoms with E-state index in [1.54, 1.807) is 0 Å². The van der Waals surface area contributed by atoms with E-state index in [-0.39, 0.29) is 0 Å². The van der Waals surface area contributed by atoms with Gasteiger partial charge >= 0.3 is 0 Å². The number of para-hydroxylation sites is 2. The third kappa shape index (κ3) is 6.09. The summed E-state index contributed by atoms with van der Waals surface area (Å²) in [5.74, 6) is 1.88. The largest absolute Gasteiger partial charge is 0.309 e. The molecule has 0 bridgehead atoms. The van der Waals surface area contributed by atoms with Gasteiger partial charge in [0.05, 0.1) is 11.0 Å². The van der Waals surface area contributed by atoms with Crippen LogP contribution in [-0.4, -0.2) is 19.5 Å². The van der Waals surface area contributed by atoms with E-state index in [0.717, 1.165) is 44.6 Å². The Labute approximate surface area is 362 Å². The first kappa shape index (κ1) is 35.9. The van der Waals surface area contributed by atoms with Crippen molar-refractivity contribution < 1.29 is 0 Å². The molecule has 290 valence electrons. The third-order valence-corrected chi connectivity index (χ3v) is 13.0. The molecule has 0 N–H and O–H groups in total. The molecule has 9 aromatic carbocycles. The number of benzene rings is 9. The van der Waals surface area contributed by atoms with E-state index < -0.39 is 0 Å². The maximum absolute atomic E-state index is 5.32. The molecular weight excluding hydrogens is 773 g/mol. The minimum absolute atomic E-state index is 0.622. The second-order valence-corrected chi connectivity index (χ2v) is 16.6. The summed E-state index contributed by atoms with van der Waals surface area (Å²) in [5.41, 5.74) is 13.1. The third-order valence-electron chi connectivity index (χ3n) is 11.9. The van der Waals surface area contributed by atoms with Crippen LogP contribution in [0.5, 0.6) is 0 Å². The van der Waals surface area contributed by atoms with E-state index in [9.17, 15) is 0 Å². The maximum Gasteiger partial charge on any atom is 0.164 e. The number of rotatable bonds is 7. The predicted molar refractivity (Wildman–Crippen MR) is 260 cm³/mol. The van der Waals surface area contributed by atoms with Crippen LogP contribution in [0, 0.1) is 0 Å². The van der Waals surface area contributed by atoms with Crippen molar-refractivity contribution in [2.75, 3.05) is 0 Å². The fourth-order valence-electron chi connectivity index (χ4n) is 9.03. The van der Waals surface area contributed by atoms with Crippen molar-refractivity contribution in [3.8, 4) is 73.2 Å². The van der Waals surface area contributed by atoms with Gasteiger partial charge in [-0.3, -0.25) is 0 Å². The van der Waals surface area contributed by atoms with Crippen LogP contribution in [0.4, 0.5) is 0 Å². The molecule has 0 atom stereocenters. The zero-order valence-electron chi connectivity index (χ0n) is 33.5. The van der Waals surface area contributed by atoms with Crippen molar-refractivity contribution in [1.29, 1.82) is 0 Å². The van der Waals surface area contributed by atoms with Gasteiger partial charge in [0.1, 0.15) is 0 Å². The van der Waals surface area contributed by atoms with Crippen LogP contribution in [0.3, 0.4) is 0 Å². The Kier molecular flexibility index (Phi) is 8.65. The Balaban J connectivity index is 1.14. The van der Waals surface area contributed by atoms with Crippen molar-refractivity contribution >= 4 is 53.3 Å². The lowest BCUT2D eigenvalue weighted by atomic mass is 9.89. The summed E-state index contributed by atoms with van der Waals surface area (Å²) < 4.78 is 4.87. The van der Waals surface area contributed by atoms with Gasteiger partial charge in [-0.2, -0.15) is 0 Å². The van der Waals surface area contributed by atoms with E-state index in [2.05, 4.69) is 187 Å². The normalized spacial score (nSPS) is 11.5. The highest BCUT2D eigenvalue weighted by molar-refractivity contribution is 7.26. The average Bonchev–Trinajstić information content (AvgIpc) is 3.89. The van der Waals surface area contributed by atoms with Crippen LogP contribution in [-0.2, 0) is 0 Å². The number of thiophene rings is 1. The summed E-state index contributed by atoms with van der Waals surface area (Å²) >= 11 is 1.85. The molecule has 0 aliphatic rings. The van der Waals surface area contributed by atoms with Crippen molar-refractivity contribution in [3.63, 3.8) is 0 Å². The lowest BCUT2D eigenvalue weighted by Gasteiger charge is -2.16. The first-order chi connectivity index (χ1) is 30.7. The molecule has 5 heteroatoms. The summed E-state index contributed by atoms with van der Waals surface area (Å²) in [7, 11) is 0. The van der Waals surface area contributed by atoms with Gasteiger partial charge in [0, 0.05) is 53.3 Å². The van der Waals surface area contributed by atoms with Crippen LogP contribution >= 0.6 is 11.3 Å². The van der Waals surface area contributed by atoms with Crippen LogP contribution < -0.4 is 0 Å². The Morgan fingerprint density at radius 2 is 0.871 bits per heavy atom. The molecule has 4 nitrogen and oxygen atoms in total. The van der Waals surface area contributed by atoms with Crippen molar-refractivity contribution in [3.05, 3.63) is 218 Å². The van der Waals surface area contributed by atoms with E-state index in [1.807, 2.05) is 47.7 Å². The van der Waals surface area contributed by atoms with E-state index in [0.29, 0.717) is 17.5 Å². The van der Waals surface area contributed by atoms with Crippen molar-refractivity contribution in [2.24, 2.45) is 0 Å². The fraction of sp³-hybridized carbons (Fsp3) is 0. The average molecular weight is 809 g/mol. The van der Waals surface area contributed by atoms with Gasteiger partial charge in [-0.25, -0.2) is 15.0 Å². The fourth-order valence-corrected chi connectivity index (χ4v) is 10.2. The van der Waals surface area contributed by atoms with Crippen LogP contribution in [0.2, 0.25) is 0 Å². The quantitative estimate of drug-likeness (QED) is 0.161. The molecule has 0 unspecified atom stereocenters. The van der Waals surface area contributed by atoms with Crippen LogP contribution in [0.25, 0.3) is 115 Å². The Hall–Kier alpha value is -7.99. The molecule has 0 fully saturated rings. The molecule has 12 rings (SSSR count). The highest BCUT2D eigenvalue weighted by Gasteiger charge is 2.22. The summed E-state index contributed by atoms with van der Waals surface area (Å²) in [5, 5.41) is 4.93. The minimum Gasteiger partial charge on any atom is -0.309 e. The molecular formula is C57H36N4S. The maximum atomic E-state index is 5.32. The lowest BCUT2D eigenvalue weighted by molar-refractivity contribution is 1.07. The van der Waals surface area contributed by atoms with Gasteiger partial charge in [-0.05, 0) is 75.8 Å². The van der Waals surface area contributed by atoms with Crippen molar-refractivity contribution in [2.45, 2.75) is 0 Å². The number of hydrogen-bond donors (Lipinski definition) is 0. The number of hydrogen-bond acceptors (Lipinski definition) is 4. The van der Waals surface area contributed by atoms with Gasteiger partial charge in [0.15, 0.2) is 17.5 Å². The number of fused-ring (bicyclic) bond motifs is 6. The zero-order valence-corrected chi connectivity index (χ0v) is 34.3. The first-order valence-electron chi connectivity index (χ1n) is 20.9. The molecule has 62 heavy (non-hydrogen) atoms. The highest BCUT2D eigenvalue weighted by atomic mass is 32.1. The van der Waals surface area contributed by atoms with Crippen LogP contribution in [0.15, 0.2) is 218 Å². The summed E-state index contributed by atoms with van der Waals surface area (Å²) in [6.45, 7) is 0. The predicted octanol–water partition coefficient (Wildman–Crippen LogP) is 15.3. The van der Waals surface area contributed by atoms with E-state index >= 15 is 0 Å². The molecule has 0 aliphatic heterocycles. The topological polar surface area (TPSA) is 43.6 Å². The summed E-state index contributed by atoms with van der Waals surface area (Å²) in [6.07, 6.45) is 0. The monoisotopic (exact) mass is 808 g/mol. The Morgan fingerprint density at radius 1 is 0.306 bits per heavy atom. The number of aromatic nitrogens is 4. The summed E-state index contributed by atoms with van der Waals surface area (Å²) in [6, 6.07) is 77.5. The molecule has 0 amide bonds. The molecule has 0 radical (unpaired) electrons. The SMILES string of the molecule is c1ccc(-c2nc(-c3ccccc3)nc(-c3cc(-c4ccccc4-c4ccccc4)ccc3-c3cccc4sc5cc6c(cc5c34)c3ccccc3n6-c3ccccc3)n2)cc1. The van der Waals surface area contributed by atoms with Gasteiger partial charge in [0.2, 0.25) is 0 Å². The van der Waals surface area contributed by atoms with Crippen LogP contribution in [0.1, 0.15) is 0 Å². The molecule has 12 aromatic rings. The molecule has 0 spiro atoms. The number of nitrogens with zero attached hydrogens (tertiary/aromatic N) is 4. The lowest BCUT2D eigenvalue weighted by Crippen LogP contribution is -2.01. The minimum atomic E-state index is 0.622. The Morgan fingerprint density at radius 3 is 1.56 bits per heavy atom. The van der Waals surface area contributed by atoms with Gasteiger partial charge in [0.25, 0.3) is 0 Å². The molecule has 0 saturated carbocycles. The Bertz CT molecular complexity index is 3560. The standard InChI is InChI=1S/C57H36N4S/c1-5-18-37(19-6-1)42-26-13-14-27-43(42)40-32-33-44(48(34-40)57-59-55(38-20-7-2-8-21-38)58-56(60-57)39-22-9-3-10-23-39)46-29-17-31-52-54(46)49-35-47-45-28-15-16-30-50(45)61(41-24-11-4-12-25-41)51(47)36-53(49)62-52/h1-36H. The van der Waals surface area contributed by atoms with E-state index in [1.165, 1.54) is 53.1 Å².